The van der Waals surface area contributed by atoms with Crippen molar-refractivity contribution >= 4 is 28.5 Å². The highest BCUT2D eigenvalue weighted by atomic mass is 16.7. The molecule has 54 heavy (non-hydrogen) atoms. The molecule has 290 valence electrons. The van der Waals surface area contributed by atoms with Gasteiger partial charge in [-0.2, -0.15) is 0 Å². The number of hydrogen-bond acceptors (Lipinski definition) is 14. The molecule has 1 aliphatic carbocycles. The molecule has 0 saturated carbocycles. The summed E-state index contributed by atoms with van der Waals surface area (Å²) in [6, 6.07) is 16.9. The van der Waals surface area contributed by atoms with Gasteiger partial charge in [0.05, 0.1) is 24.8 Å². The van der Waals surface area contributed by atoms with Gasteiger partial charge < -0.3 is 64.2 Å². The summed E-state index contributed by atoms with van der Waals surface area (Å²) in [5, 5.41) is 66.6. The summed E-state index contributed by atoms with van der Waals surface area (Å²) >= 11 is 0. The molecule has 3 aliphatic heterocycles. The van der Waals surface area contributed by atoms with Crippen LogP contribution in [0.15, 0.2) is 65.1 Å². The van der Waals surface area contributed by atoms with Crippen LogP contribution < -0.4 is 20.1 Å². The number of carbonyl (C=O) groups excluding carboxylic acids is 2. The third-order valence-electron chi connectivity index (χ3n) is 9.72. The van der Waals surface area contributed by atoms with Gasteiger partial charge in [0.2, 0.25) is 17.6 Å². The molecule has 2 aromatic rings. The van der Waals surface area contributed by atoms with Gasteiger partial charge in [-0.15, -0.1) is 0 Å². The highest BCUT2D eigenvalue weighted by molar-refractivity contribution is 6.08. The zero-order valence-corrected chi connectivity index (χ0v) is 30.4. The fraction of sp³-hybridized carbons (Fsp3) is 0.447. The van der Waals surface area contributed by atoms with Gasteiger partial charge in [0, 0.05) is 55.4 Å². The van der Waals surface area contributed by atoms with E-state index in [1.54, 1.807) is 24.3 Å². The first kappa shape index (κ1) is 39.2. The Morgan fingerprint density at radius 1 is 0.833 bits per heavy atom. The van der Waals surface area contributed by atoms with E-state index in [-0.39, 0.29) is 5.56 Å². The average Bonchev–Trinajstić information content (AvgIpc) is 3.15. The third-order valence-corrected chi connectivity index (χ3v) is 9.72. The van der Waals surface area contributed by atoms with E-state index in [4.69, 9.17) is 23.4 Å². The summed E-state index contributed by atoms with van der Waals surface area (Å²) in [6.45, 7) is -0.345. The number of ether oxygens (including phenoxy) is 4. The van der Waals surface area contributed by atoms with Gasteiger partial charge in [-0.25, -0.2) is 9.37 Å². The Bertz CT molecular complexity index is 2030. The smallest absolute Gasteiger partial charge is 0.341 e. The molecule has 0 bridgehead atoms. The molecule has 3 heterocycles. The van der Waals surface area contributed by atoms with Gasteiger partial charge in [-0.05, 0) is 29.8 Å². The van der Waals surface area contributed by atoms with Gasteiger partial charge >= 0.3 is 5.97 Å². The van der Waals surface area contributed by atoms with E-state index in [2.05, 4.69) is 5.32 Å². The van der Waals surface area contributed by atoms with Crippen LogP contribution in [0.5, 0.6) is 0 Å². The Kier molecular flexibility index (Phi) is 11.7. The van der Waals surface area contributed by atoms with Crippen molar-refractivity contribution in [2.75, 3.05) is 46.3 Å². The van der Waals surface area contributed by atoms with Gasteiger partial charge in [0.25, 0.3) is 0 Å². The molecule has 10 atom stereocenters. The third kappa shape index (κ3) is 7.57. The number of benzene rings is 3. The van der Waals surface area contributed by atoms with Crippen LogP contribution in [0.4, 0.5) is 5.69 Å². The number of amides is 1. The molecular weight excluding hydrogens is 706 g/mol. The number of esters is 1. The van der Waals surface area contributed by atoms with Gasteiger partial charge in [0.1, 0.15) is 74.2 Å². The SMILES string of the molecule is CC(=O)N[C@H]1[C@H](OC(=O)c2ccccc2-c2c3ccc(=[N+](C)C)cc-3oc3cc(N(C)C)ccc23)O[C@H](CO)[C@@H](O[C@@H]2O[C@H](CO)[C@H](O)[C@H](O)[C@H]2O)[C@@H]1O. The van der Waals surface area contributed by atoms with E-state index in [1.807, 2.05) is 74.1 Å². The number of anilines is 1. The lowest BCUT2D eigenvalue weighted by molar-refractivity contribution is -0.344. The summed E-state index contributed by atoms with van der Waals surface area (Å²) < 4.78 is 31.4. The van der Waals surface area contributed by atoms with Crippen LogP contribution in [-0.2, 0) is 23.7 Å². The number of nitrogens with zero attached hydrogens (tertiary/aromatic N) is 2. The summed E-state index contributed by atoms with van der Waals surface area (Å²) in [6.07, 6.45) is -14.6. The molecule has 0 aromatic heterocycles. The maximum absolute atomic E-state index is 14.2. The molecule has 1 amide bonds. The molecule has 2 aromatic carbocycles. The highest BCUT2D eigenvalue weighted by Crippen LogP contribution is 2.42. The van der Waals surface area contributed by atoms with Crippen molar-refractivity contribution < 1.29 is 63.6 Å². The summed E-state index contributed by atoms with van der Waals surface area (Å²) in [4.78, 5) is 28.5. The molecule has 4 aliphatic rings. The lowest BCUT2D eigenvalue weighted by Gasteiger charge is -2.46. The lowest BCUT2D eigenvalue weighted by atomic mass is 9.90. The first-order valence-electron chi connectivity index (χ1n) is 17.4. The van der Waals surface area contributed by atoms with Crippen molar-refractivity contribution in [3.63, 3.8) is 0 Å². The number of aliphatic hydroxyl groups excluding tert-OH is 6. The second kappa shape index (κ2) is 16.1. The Labute approximate surface area is 310 Å². The number of fused-ring (bicyclic) bond motifs is 2. The quantitative estimate of drug-likeness (QED) is 0.0634. The molecule has 7 N–H and O–H groups in total. The van der Waals surface area contributed by atoms with Crippen LogP contribution in [0.3, 0.4) is 0 Å². The van der Waals surface area contributed by atoms with Gasteiger partial charge in [-0.3, -0.25) is 4.79 Å². The van der Waals surface area contributed by atoms with E-state index in [9.17, 15) is 40.2 Å². The Balaban J connectivity index is 1.36. The summed E-state index contributed by atoms with van der Waals surface area (Å²) in [5.41, 5.74) is 3.51. The van der Waals surface area contributed by atoms with Crippen LogP contribution >= 0.6 is 0 Å². The first-order valence-corrected chi connectivity index (χ1v) is 17.4. The minimum absolute atomic E-state index is 0.125. The fourth-order valence-electron chi connectivity index (χ4n) is 6.82. The van der Waals surface area contributed by atoms with E-state index >= 15 is 0 Å². The second-order valence-corrected chi connectivity index (χ2v) is 13.8. The Morgan fingerprint density at radius 3 is 2.20 bits per heavy atom. The largest absolute Gasteiger partial charge is 0.456 e. The predicted molar refractivity (Wildman–Crippen MR) is 193 cm³/mol. The minimum Gasteiger partial charge on any atom is -0.456 e. The van der Waals surface area contributed by atoms with Crippen molar-refractivity contribution in [2.45, 2.75) is 68.3 Å². The number of aliphatic hydroxyl groups is 6. The molecule has 0 radical (unpaired) electrons. The van der Waals surface area contributed by atoms with E-state index in [0.717, 1.165) is 22.0 Å². The second-order valence-electron chi connectivity index (χ2n) is 13.8. The average molecular weight is 753 g/mol. The number of hydrogen-bond donors (Lipinski definition) is 7. The van der Waals surface area contributed by atoms with Crippen LogP contribution in [0.1, 0.15) is 17.3 Å². The molecule has 0 spiro atoms. The molecule has 0 unspecified atom stereocenters. The molecule has 6 rings (SSSR count). The highest BCUT2D eigenvalue weighted by Gasteiger charge is 2.52. The number of carbonyl (C=O) groups is 2. The lowest BCUT2D eigenvalue weighted by Crippen LogP contribution is -2.67. The fourth-order valence-corrected chi connectivity index (χ4v) is 6.82. The molecule has 2 fully saturated rings. The maximum Gasteiger partial charge on any atom is 0.341 e. The normalized spacial score (nSPS) is 28.5. The molecule has 16 heteroatoms. The van der Waals surface area contributed by atoms with Crippen LogP contribution in [0.25, 0.3) is 33.4 Å². The van der Waals surface area contributed by atoms with E-state index in [1.165, 1.54) is 6.92 Å². The maximum atomic E-state index is 14.2. The van der Waals surface area contributed by atoms with Crippen molar-refractivity contribution in [3.8, 4) is 22.5 Å². The van der Waals surface area contributed by atoms with Crippen LogP contribution in [0, 0.1) is 0 Å². The zero-order valence-electron chi connectivity index (χ0n) is 30.4. The van der Waals surface area contributed by atoms with Crippen LogP contribution in [0.2, 0.25) is 0 Å². The molecule has 2 saturated heterocycles. The first-order chi connectivity index (χ1) is 25.7. The van der Waals surface area contributed by atoms with Gasteiger partial charge in [-0.1, -0.05) is 18.2 Å². The summed E-state index contributed by atoms with van der Waals surface area (Å²) in [5.74, 6) is -0.929. The van der Waals surface area contributed by atoms with Gasteiger partial charge in [0.15, 0.2) is 6.29 Å². The van der Waals surface area contributed by atoms with Crippen molar-refractivity contribution in [2.24, 2.45) is 0 Å². The monoisotopic (exact) mass is 752 g/mol. The topological polar surface area (TPSA) is 224 Å². The Morgan fingerprint density at radius 2 is 1.54 bits per heavy atom. The van der Waals surface area contributed by atoms with Crippen LogP contribution in [-0.4, -0.2) is 145 Å². The minimum atomic E-state index is -1.83. The standard InChI is InChI=1S/C38H45N3O13/c1-18(44)39-30-32(46)35(53-38-34(48)33(47)31(45)27(16-42)51-38)28(17-43)52-37(30)54-36(49)22-9-7-6-8-21(22)29-23-12-10-19(40(2)3)14-25(23)50-26-15-20(41(4)5)11-13-24(26)29/h6-15,27-28,30-35,37-38,42-43,45-48H,16-17H2,1-5H3/p+1/t27-,28-,30-,31+,32-,33+,34-,35-,37+,38+/m1/s1. The van der Waals surface area contributed by atoms with E-state index < -0.39 is 86.4 Å². The molecule has 16 nitrogen and oxygen atoms in total. The molecular formula is C38H46N3O13+. The van der Waals surface area contributed by atoms with Crippen molar-refractivity contribution in [3.05, 3.63) is 71.6 Å². The Hall–Kier alpha value is -4.49. The predicted octanol–water partition coefficient (Wildman–Crippen LogP) is -0.773. The number of nitrogens with one attached hydrogen (secondary N) is 1. The summed E-state index contributed by atoms with van der Waals surface area (Å²) in [7, 11) is 7.68. The number of rotatable bonds is 9. The van der Waals surface area contributed by atoms with Crippen molar-refractivity contribution in [1.29, 1.82) is 0 Å². The van der Waals surface area contributed by atoms with Crippen molar-refractivity contribution in [1.82, 2.24) is 9.89 Å². The zero-order chi connectivity index (χ0) is 39.0. The van der Waals surface area contributed by atoms with E-state index in [0.29, 0.717) is 22.5 Å².